The molecule has 0 saturated carbocycles. The summed E-state index contributed by atoms with van der Waals surface area (Å²) < 4.78 is 5.69. The standard InChI is InChI=1S/C17H20.2C17H18.3C15H14O.C14H14O.C14H14S.C10H12.2CH2O/c1-13-5-9-15(10-6-13)17(3,4)16-11-7-14(2)8-12-16;2*1-14-6-10-16(11-7-14)4-3-5-17-12-8-15(2)9-13-17;1-11-3-7-13(8-4-11)15(16)14-9-5-12(2)6-10-14;2*1-11-6-8-13(9-7-11)15(16)14-5-3-4-12(2)10-14;2*1-11-3-7-13(8-4-11)15-14-9-5-12(2)6-10-14;1-3-4-10-7-5-9(2)6-8-10;2*1-2/h5-12H,1-4H3;2*3-4,6-13H,5H2,1-2H3;3*3-10H,1-2H3;2*3-10H,1-2H3;3-8H,1-2H3;2*1H2. The second-order valence-electron chi connectivity index (χ2n) is 36.4. The Bertz CT molecular complexity index is 6230. The SMILES string of the molecule is C=O.C=O.CC=Cc1ccc(C)cc1.Cc1ccc(C(=O)c2ccc(C)cc2)cc1.Cc1ccc(C(=O)c2cccc(C)c2)cc1.Cc1ccc(C(=O)c2cccc(C)c2)cc1.Cc1ccc(C(C)(C)c2ccc(C)cc2)cc1.Cc1ccc(C=CCc2ccc(C)cc2)cc1.Cc1ccc(C=CCc2ccc(C)cc2)cc1.Cc1ccc(Oc2ccc(C)cc2)cc1.Cc1ccc(Sc2ccc(C)cc2)cc1. The van der Waals surface area contributed by atoms with Crippen LogP contribution in [0.1, 0.15) is 202 Å². The van der Waals surface area contributed by atoms with Crippen molar-refractivity contribution < 1.29 is 28.7 Å². The van der Waals surface area contributed by atoms with E-state index >= 15 is 0 Å². The Morgan fingerprint density at radius 1 is 0.238 bits per heavy atom. The largest absolute Gasteiger partial charge is 0.457 e. The van der Waals surface area contributed by atoms with E-state index in [0.29, 0.717) is 0 Å². The topological polar surface area (TPSA) is 94.6 Å². The molecule has 0 fully saturated rings. The Morgan fingerprint density at radius 2 is 0.441 bits per heavy atom. The predicted molar refractivity (Wildman–Crippen MR) is 611 cm³/mol. The first-order chi connectivity index (χ1) is 68.8. The predicted octanol–water partition coefficient (Wildman–Crippen LogP) is 35.6. The van der Waals surface area contributed by atoms with Crippen molar-refractivity contribution in [1.29, 1.82) is 0 Å². The lowest BCUT2D eigenvalue weighted by Crippen LogP contribution is -2.18. The number of hydrogen-bond acceptors (Lipinski definition) is 7. The van der Waals surface area contributed by atoms with Crippen molar-refractivity contribution in [2.45, 2.75) is 167 Å². The Hall–Kier alpha value is -15.5. The molecule has 17 rings (SSSR count). The number of hydrogen-bond donors (Lipinski definition) is 0. The molecule has 0 N–H and O–H groups in total. The van der Waals surface area contributed by atoms with Gasteiger partial charge in [-0.1, -0.05) is 508 Å². The molecule has 0 amide bonds. The van der Waals surface area contributed by atoms with E-state index in [9.17, 15) is 14.4 Å². The van der Waals surface area contributed by atoms with E-state index in [1.165, 1.54) is 132 Å². The van der Waals surface area contributed by atoms with Crippen molar-refractivity contribution in [3.05, 3.63) is 598 Å². The van der Waals surface area contributed by atoms with E-state index in [1.54, 1.807) is 11.8 Å². The molecule has 0 atom stereocenters. The van der Waals surface area contributed by atoms with Crippen LogP contribution in [-0.2, 0) is 27.8 Å². The molecular formula is C136H142O6S. The zero-order valence-electron chi connectivity index (χ0n) is 87.4. The van der Waals surface area contributed by atoms with Gasteiger partial charge in [-0.05, 0) is 237 Å². The van der Waals surface area contributed by atoms with E-state index in [4.69, 9.17) is 14.3 Å². The maximum Gasteiger partial charge on any atom is 0.193 e. The van der Waals surface area contributed by atoms with Crippen LogP contribution in [-0.4, -0.2) is 30.9 Å². The number of carbonyl (C=O) groups excluding carboxylic acids is 5. The lowest BCUT2D eigenvalue weighted by Gasteiger charge is -2.26. The molecule has 728 valence electrons. The van der Waals surface area contributed by atoms with Crippen LogP contribution in [0.4, 0.5) is 0 Å². The number of aryl methyl sites for hydroxylation is 17. The summed E-state index contributed by atoms with van der Waals surface area (Å²) in [4.78, 5) is 54.9. The fraction of sp³-hybridized carbons (Fsp3) is 0.169. The molecule has 0 aromatic heterocycles. The molecular weight excluding hydrogens is 1760 g/mol. The quantitative estimate of drug-likeness (QED) is 0.0744. The molecule has 17 aromatic carbocycles. The van der Waals surface area contributed by atoms with Crippen LogP contribution in [0.25, 0.3) is 18.2 Å². The first-order valence-corrected chi connectivity index (χ1v) is 49.3. The van der Waals surface area contributed by atoms with Gasteiger partial charge in [-0.2, -0.15) is 0 Å². The van der Waals surface area contributed by atoms with Crippen LogP contribution in [0, 0.1) is 118 Å². The average Bonchev–Trinajstić information content (AvgIpc) is 0.804. The molecule has 0 aliphatic rings. The smallest absolute Gasteiger partial charge is 0.193 e. The second kappa shape index (κ2) is 61.8. The summed E-state index contributed by atoms with van der Waals surface area (Å²) in [6, 6.07) is 140. The zero-order chi connectivity index (χ0) is 104. The molecule has 0 aliphatic carbocycles. The molecule has 0 heterocycles. The Balaban J connectivity index is 0.000000218. The van der Waals surface area contributed by atoms with Crippen molar-refractivity contribution in [3.63, 3.8) is 0 Å². The normalized spacial score (nSPS) is 10.3. The minimum atomic E-state index is 0.0708. The summed E-state index contributed by atoms with van der Waals surface area (Å²) in [5.41, 5.74) is 35.0. The fourth-order valence-electron chi connectivity index (χ4n) is 14.0. The molecule has 0 aliphatic heterocycles. The van der Waals surface area contributed by atoms with Crippen LogP contribution in [0.2, 0.25) is 0 Å². The minimum absolute atomic E-state index is 0.0708. The first-order valence-electron chi connectivity index (χ1n) is 48.4. The van der Waals surface area contributed by atoms with Gasteiger partial charge in [0.15, 0.2) is 17.3 Å². The third-order valence-corrected chi connectivity index (χ3v) is 24.1. The number of allylic oxidation sites excluding steroid dienone is 3. The number of ketones is 3. The maximum atomic E-state index is 12.1. The molecule has 6 nitrogen and oxygen atoms in total. The number of ether oxygens (including phenoxy) is 1. The molecule has 0 unspecified atom stereocenters. The lowest BCUT2D eigenvalue weighted by atomic mass is 9.78. The van der Waals surface area contributed by atoms with Crippen molar-refractivity contribution in [2.75, 3.05) is 0 Å². The van der Waals surface area contributed by atoms with Gasteiger partial charge in [0.05, 0.1) is 0 Å². The van der Waals surface area contributed by atoms with Crippen molar-refractivity contribution >= 4 is 60.9 Å². The summed E-state index contributed by atoms with van der Waals surface area (Å²) >= 11 is 1.80. The van der Waals surface area contributed by atoms with Crippen LogP contribution >= 0.6 is 11.8 Å². The van der Waals surface area contributed by atoms with Gasteiger partial charge < -0.3 is 14.3 Å². The van der Waals surface area contributed by atoms with Gasteiger partial charge in [0.1, 0.15) is 25.1 Å². The molecule has 0 radical (unpaired) electrons. The third kappa shape index (κ3) is 43.0. The molecule has 0 bridgehead atoms. The summed E-state index contributed by atoms with van der Waals surface area (Å²) in [5, 5.41) is 0. The number of carbonyl (C=O) groups is 5. The van der Waals surface area contributed by atoms with Crippen molar-refractivity contribution in [2.24, 2.45) is 0 Å². The maximum absolute atomic E-state index is 12.1. The van der Waals surface area contributed by atoms with Gasteiger partial charge in [0, 0.05) is 48.6 Å². The number of benzene rings is 17. The van der Waals surface area contributed by atoms with Gasteiger partial charge in [0.2, 0.25) is 0 Å². The number of rotatable bonds is 19. The van der Waals surface area contributed by atoms with Crippen LogP contribution in [0.3, 0.4) is 0 Å². The van der Waals surface area contributed by atoms with Gasteiger partial charge >= 0.3 is 0 Å². The van der Waals surface area contributed by atoms with E-state index in [1.807, 2.05) is 262 Å². The van der Waals surface area contributed by atoms with E-state index in [-0.39, 0.29) is 22.8 Å². The monoisotopic (exact) mass is 1900 g/mol. The van der Waals surface area contributed by atoms with Gasteiger partial charge in [0.25, 0.3) is 0 Å². The van der Waals surface area contributed by atoms with Crippen molar-refractivity contribution in [3.8, 4) is 11.5 Å². The van der Waals surface area contributed by atoms with Gasteiger partial charge in [-0.15, -0.1) is 0 Å². The Labute approximate surface area is 859 Å². The van der Waals surface area contributed by atoms with Crippen molar-refractivity contribution in [1.82, 2.24) is 0 Å². The summed E-state index contributed by atoms with van der Waals surface area (Å²) in [5.74, 6) is 2.02. The van der Waals surface area contributed by atoms with Gasteiger partial charge in [-0.25, -0.2) is 0 Å². The molecule has 0 saturated heterocycles. The highest BCUT2D eigenvalue weighted by Gasteiger charge is 2.23. The third-order valence-electron chi connectivity index (χ3n) is 23.1. The Morgan fingerprint density at radius 3 is 0.678 bits per heavy atom. The highest BCUT2D eigenvalue weighted by atomic mass is 32.2. The summed E-state index contributed by atoms with van der Waals surface area (Å²) in [6.07, 6.45) is 14.9. The highest BCUT2D eigenvalue weighted by Crippen LogP contribution is 2.33. The summed E-state index contributed by atoms with van der Waals surface area (Å²) in [7, 11) is 0. The molecule has 143 heavy (non-hydrogen) atoms. The molecule has 7 heteroatoms. The van der Waals surface area contributed by atoms with E-state index in [0.717, 1.165) is 68.8 Å². The highest BCUT2D eigenvalue weighted by molar-refractivity contribution is 7.99. The second-order valence-corrected chi connectivity index (χ2v) is 37.6. The van der Waals surface area contributed by atoms with Crippen LogP contribution in [0.15, 0.2) is 441 Å². The van der Waals surface area contributed by atoms with Crippen LogP contribution < -0.4 is 4.74 Å². The molecule has 0 spiro atoms. The average molecular weight is 1900 g/mol. The van der Waals surface area contributed by atoms with Crippen LogP contribution in [0.5, 0.6) is 11.5 Å². The fourth-order valence-corrected chi connectivity index (χ4v) is 14.8. The van der Waals surface area contributed by atoms with Gasteiger partial charge in [-0.3, -0.25) is 14.4 Å². The molecule has 17 aromatic rings. The first kappa shape index (κ1) is 114. The Kier molecular flexibility index (Phi) is 49.5. The minimum Gasteiger partial charge on any atom is -0.457 e. The van der Waals surface area contributed by atoms with E-state index in [2.05, 4.69) is 339 Å². The summed E-state index contributed by atoms with van der Waals surface area (Å²) in [6.45, 7) is 45.8. The lowest BCUT2D eigenvalue weighted by molar-refractivity contribution is -0.0987. The van der Waals surface area contributed by atoms with E-state index < -0.39 is 0 Å². The zero-order valence-corrected chi connectivity index (χ0v) is 88.2.